The van der Waals surface area contributed by atoms with Gasteiger partial charge in [0.25, 0.3) is 0 Å². The van der Waals surface area contributed by atoms with Crippen molar-refractivity contribution in [1.29, 1.82) is 0 Å². The van der Waals surface area contributed by atoms with Crippen LogP contribution in [0.2, 0.25) is 0 Å². The molecule has 0 spiro atoms. The summed E-state index contributed by atoms with van der Waals surface area (Å²) in [5.74, 6) is 1.63. The van der Waals surface area contributed by atoms with E-state index in [1.54, 1.807) is 0 Å². The Morgan fingerprint density at radius 2 is 1.08 bits per heavy atom. The van der Waals surface area contributed by atoms with Gasteiger partial charge in [-0.15, -0.1) is 10.2 Å². The normalized spacial score (nSPS) is 14.0. The molecule has 14 nitrogen and oxygen atoms in total. The van der Waals surface area contributed by atoms with Crippen molar-refractivity contribution < 1.29 is 0 Å². The second-order valence-corrected chi connectivity index (χ2v) is 8.04. The van der Waals surface area contributed by atoms with Gasteiger partial charge >= 0.3 is 0 Å². The molecule has 14 heteroatoms. The third-order valence-corrected chi connectivity index (χ3v) is 4.99. The number of aliphatic imine (C=N–C) groups is 2. The van der Waals surface area contributed by atoms with E-state index in [9.17, 15) is 0 Å². The van der Waals surface area contributed by atoms with Crippen LogP contribution in [0.25, 0.3) is 0 Å². The summed E-state index contributed by atoms with van der Waals surface area (Å²) < 4.78 is 0. The fourth-order valence-electron chi connectivity index (χ4n) is 3.17. The zero-order valence-electron chi connectivity index (χ0n) is 21.0. The first-order valence-electron chi connectivity index (χ1n) is 11.9. The minimum atomic E-state index is -0.0905. The van der Waals surface area contributed by atoms with Gasteiger partial charge in [-0.3, -0.25) is 9.98 Å². The summed E-state index contributed by atoms with van der Waals surface area (Å²) >= 11 is 0. The molecule has 0 fully saturated rings. The SMILES string of the molecule is NC(N)=N/N=C/c1ccc(/C=N/N=C(N)N)cc1.c1cc(CNC2=NCCN2)ccc1CNC1=NCCN1. The zero-order valence-corrected chi connectivity index (χ0v) is 21.0. The molecule has 2 aliphatic rings. The molecule has 2 aromatic carbocycles. The number of hydrogen-bond acceptors (Lipinski definition) is 10. The zero-order chi connectivity index (χ0) is 27.0. The predicted molar refractivity (Wildman–Crippen MR) is 154 cm³/mol. The molecule has 0 aliphatic carbocycles. The molecule has 0 atom stereocenters. The minimum Gasteiger partial charge on any atom is -0.369 e. The maximum atomic E-state index is 5.12. The Bertz CT molecular complexity index is 1090. The number of nitrogens with zero attached hydrogens (tertiary/aromatic N) is 6. The smallest absolute Gasteiger partial charge is 0.211 e. The van der Waals surface area contributed by atoms with E-state index < -0.39 is 0 Å². The predicted octanol–water partition coefficient (Wildman–Crippen LogP) is -1.31. The Hall–Kier alpha value is -5.14. The van der Waals surface area contributed by atoms with Crippen molar-refractivity contribution in [2.24, 2.45) is 53.3 Å². The summed E-state index contributed by atoms with van der Waals surface area (Å²) in [5.41, 5.74) is 24.7. The lowest BCUT2D eigenvalue weighted by Gasteiger charge is -2.09. The molecule has 0 radical (unpaired) electrons. The number of nitrogens with one attached hydrogen (secondary N) is 4. The van der Waals surface area contributed by atoms with Gasteiger partial charge in [-0.1, -0.05) is 48.5 Å². The van der Waals surface area contributed by atoms with E-state index in [4.69, 9.17) is 22.9 Å². The summed E-state index contributed by atoms with van der Waals surface area (Å²) in [7, 11) is 0. The lowest BCUT2D eigenvalue weighted by Crippen LogP contribution is -2.33. The van der Waals surface area contributed by atoms with Crippen molar-refractivity contribution in [2.45, 2.75) is 13.1 Å². The molecule has 12 N–H and O–H groups in total. The fourth-order valence-corrected chi connectivity index (χ4v) is 3.17. The summed E-state index contributed by atoms with van der Waals surface area (Å²) in [6.07, 6.45) is 3.05. The molecule has 2 aliphatic heterocycles. The van der Waals surface area contributed by atoms with Crippen LogP contribution in [0.3, 0.4) is 0 Å². The van der Waals surface area contributed by atoms with Gasteiger partial charge < -0.3 is 44.2 Å². The van der Waals surface area contributed by atoms with Crippen molar-refractivity contribution in [3.63, 3.8) is 0 Å². The molecule has 0 amide bonds. The van der Waals surface area contributed by atoms with E-state index in [1.807, 2.05) is 24.3 Å². The molecule has 38 heavy (non-hydrogen) atoms. The first kappa shape index (κ1) is 27.4. The number of guanidine groups is 4. The molecular formula is C24H34N14. The third-order valence-electron chi connectivity index (χ3n) is 4.99. The molecule has 0 saturated carbocycles. The van der Waals surface area contributed by atoms with Gasteiger partial charge in [0.1, 0.15) is 0 Å². The highest BCUT2D eigenvalue weighted by Crippen LogP contribution is 2.04. The molecular weight excluding hydrogens is 484 g/mol. The number of benzene rings is 2. The Labute approximate surface area is 221 Å². The third kappa shape index (κ3) is 10.6. The van der Waals surface area contributed by atoms with E-state index >= 15 is 0 Å². The largest absolute Gasteiger partial charge is 0.369 e. The second kappa shape index (κ2) is 15.1. The van der Waals surface area contributed by atoms with Crippen LogP contribution in [0.1, 0.15) is 22.3 Å². The highest BCUT2D eigenvalue weighted by molar-refractivity contribution is 5.85. The van der Waals surface area contributed by atoms with Crippen LogP contribution in [0.15, 0.2) is 78.9 Å². The molecule has 0 unspecified atom stereocenters. The van der Waals surface area contributed by atoms with Crippen LogP contribution in [-0.2, 0) is 13.1 Å². The van der Waals surface area contributed by atoms with Crippen molar-refractivity contribution in [3.8, 4) is 0 Å². The molecule has 0 aromatic heterocycles. The first-order chi connectivity index (χ1) is 18.5. The van der Waals surface area contributed by atoms with Gasteiger partial charge in [-0.2, -0.15) is 10.2 Å². The van der Waals surface area contributed by atoms with Gasteiger partial charge in [-0.25, -0.2) is 0 Å². The number of nitrogens with two attached hydrogens (primary N) is 4. The maximum Gasteiger partial charge on any atom is 0.211 e. The quantitative estimate of drug-likeness (QED) is 0.118. The summed E-state index contributed by atoms with van der Waals surface area (Å²) in [6, 6.07) is 15.9. The van der Waals surface area contributed by atoms with Crippen molar-refractivity contribution in [1.82, 2.24) is 21.3 Å². The van der Waals surface area contributed by atoms with Crippen molar-refractivity contribution in [2.75, 3.05) is 26.2 Å². The number of rotatable bonds is 8. The Balaban J connectivity index is 0.000000212. The Kier molecular flexibility index (Phi) is 10.9. The summed E-state index contributed by atoms with van der Waals surface area (Å²) in [4.78, 5) is 8.61. The fraction of sp³-hybridized carbons (Fsp3) is 0.250. The van der Waals surface area contributed by atoms with E-state index in [1.165, 1.54) is 23.6 Å². The summed E-state index contributed by atoms with van der Waals surface area (Å²) in [5, 5.41) is 27.3. The highest BCUT2D eigenvalue weighted by atomic mass is 15.3. The van der Waals surface area contributed by atoms with E-state index in [-0.39, 0.29) is 11.9 Å². The Morgan fingerprint density at radius 3 is 1.39 bits per heavy atom. The van der Waals surface area contributed by atoms with Crippen LogP contribution in [0, 0.1) is 0 Å². The monoisotopic (exact) mass is 518 g/mol. The molecule has 0 bridgehead atoms. The topological polar surface area (TPSA) is 226 Å². The Morgan fingerprint density at radius 1 is 0.684 bits per heavy atom. The van der Waals surface area contributed by atoms with Crippen LogP contribution < -0.4 is 44.2 Å². The molecule has 4 rings (SSSR count). The lowest BCUT2D eigenvalue weighted by molar-refractivity contribution is 0.855. The van der Waals surface area contributed by atoms with E-state index in [0.29, 0.717) is 0 Å². The average Bonchev–Trinajstić information content (AvgIpc) is 3.63. The van der Waals surface area contributed by atoms with Gasteiger partial charge in [0.2, 0.25) is 11.9 Å². The van der Waals surface area contributed by atoms with Crippen molar-refractivity contribution in [3.05, 3.63) is 70.8 Å². The molecule has 2 aromatic rings. The summed E-state index contributed by atoms with van der Waals surface area (Å²) in [6.45, 7) is 5.20. The lowest BCUT2D eigenvalue weighted by atomic mass is 10.1. The highest BCUT2D eigenvalue weighted by Gasteiger charge is 2.05. The van der Waals surface area contributed by atoms with Gasteiger partial charge in [-0.05, 0) is 22.3 Å². The van der Waals surface area contributed by atoms with Crippen molar-refractivity contribution >= 4 is 36.3 Å². The van der Waals surface area contributed by atoms with Gasteiger partial charge in [0.15, 0.2) is 11.9 Å². The molecule has 0 saturated heterocycles. The number of hydrogen-bond donors (Lipinski definition) is 8. The second-order valence-electron chi connectivity index (χ2n) is 8.04. The molecule has 200 valence electrons. The average molecular weight is 519 g/mol. The minimum absolute atomic E-state index is 0.0905. The van der Waals surface area contributed by atoms with Gasteiger partial charge in [0, 0.05) is 26.2 Å². The van der Waals surface area contributed by atoms with E-state index in [0.717, 1.165) is 62.3 Å². The maximum absolute atomic E-state index is 5.12. The first-order valence-corrected chi connectivity index (χ1v) is 11.9. The van der Waals surface area contributed by atoms with Gasteiger partial charge in [0.05, 0.1) is 25.5 Å². The van der Waals surface area contributed by atoms with Crippen LogP contribution >= 0.6 is 0 Å². The van der Waals surface area contributed by atoms with Crippen LogP contribution in [-0.4, -0.2) is 62.4 Å². The van der Waals surface area contributed by atoms with Crippen LogP contribution in [0.5, 0.6) is 0 Å². The standard InChI is InChI=1S/C14H20N6.C10H14N8/c1-2-12(10-20-14-17-7-8-18-14)4-3-11(1)9-19-13-15-5-6-16-13;11-9(12)17-15-5-7-1-2-8(4-3-7)6-16-18-10(13)14/h1-4H,5-10H2,(H2,15,16,19)(H2,17,18,20);1-6H,(H4,11,12,17)(H4,13,14,18)/b;15-5+,16-6+. The van der Waals surface area contributed by atoms with Crippen LogP contribution in [0.4, 0.5) is 0 Å². The van der Waals surface area contributed by atoms with E-state index in [2.05, 4.69) is 75.9 Å². The molecule has 2 heterocycles.